The van der Waals surface area contributed by atoms with Gasteiger partial charge in [0.25, 0.3) is 0 Å². The highest BCUT2D eigenvalue weighted by Gasteiger charge is 2.31. The zero-order valence-electron chi connectivity index (χ0n) is 15.8. The molecule has 0 amide bonds. The van der Waals surface area contributed by atoms with Crippen molar-refractivity contribution in [2.45, 2.75) is 37.6 Å². The number of aliphatic hydroxyl groups excluding tert-OH is 1. The van der Waals surface area contributed by atoms with Gasteiger partial charge >= 0.3 is 0 Å². The predicted octanol–water partition coefficient (Wildman–Crippen LogP) is 1.24. The number of aromatic nitrogens is 2. The molecule has 0 radical (unpaired) electrons. The number of halogens is 2. The molecular weight excluding hydrogens is 387 g/mol. The third kappa shape index (κ3) is 5.15. The van der Waals surface area contributed by atoms with E-state index in [4.69, 9.17) is 20.8 Å². The van der Waals surface area contributed by atoms with Gasteiger partial charge in [-0.05, 0) is 25.7 Å². The van der Waals surface area contributed by atoms with E-state index < -0.39 is 0 Å². The Balaban J connectivity index is 0.00000131. The highest BCUT2D eigenvalue weighted by atomic mass is 35.5. The second-order valence-corrected chi connectivity index (χ2v) is 7.63. The molecule has 0 unspecified atom stereocenters. The van der Waals surface area contributed by atoms with Gasteiger partial charge in [0.05, 0.1) is 12.3 Å². The van der Waals surface area contributed by atoms with Crippen molar-refractivity contribution in [2.75, 3.05) is 62.2 Å². The maximum Gasteiger partial charge on any atom is 0.227 e. The SMILES string of the molecule is Cl.Cl.NC1CC(c2cc(N3CCN(CCO)CC3)nc(N3CCCC3)n2)C1. The summed E-state index contributed by atoms with van der Waals surface area (Å²) in [4.78, 5) is 16.8. The van der Waals surface area contributed by atoms with Crippen LogP contribution in [0.2, 0.25) is 0 Å². The Morgan fingerprint density at radius 3 is 2.22 bits per heavy atom. The van der Waals surface area contributed by atoms with E-state index in [1.165, 1.54) is 18.5 Å². The first-order valence-corrected chi connectivity index (χ1v) is 9.70. The third-order valence-corrected chi connectivity index (χ3v) is 5.81. The minimum atomic E-state index is 0. The molecule has 3 heterocycles. The lowest BCUT2D eigenvalue weighted by Gasteiger charge is -2.36. The van der Waals surface area contributed by atoms with Crippen LogP contribution in [0.4, 0.5) is 11.8 Å². The second-order valence-electron chi connectivity index (χ2n) is 7.63. The summed E-state index contributed by atoms with van der Waals surface area (Å²) >= 11 is 0. The molecule has 3 fully saturated rings. The Hall–Kier alpha value is -0.860. The zero-order valence-corrected chi connectivity index (χ0v) is 17.4. The normalized spacial score (nSPS) is 25.6. The van der Waals surface area contributed by atoms with Crippen LogP contribution in [0.1, 0.15) is 37.3 Å². The number of nitrogens with two attached hydrogens (primary N) is 1. The van der Waals surface area contributed by atoms with Crippen molar-refractivity contribution in [3.8, 4) is 0 Å². The average molecular weight is 419 g/mol. The Kier molecular flexibility index (Phi) is 8.37. The number of anilines is 2. The van der Waals surface area contributed by atoms with Gasteiger partial charge in [-0.15, -0.1) is 24.8 Å². The second kappa shape index (κ2) is 10.1. The highest BCUT2D eigenvalue weighted by molar-refractivity contribution is 5.85. The lowest BCUT2D eigenvalue weighted by molar-refractivity contribution is 0.188. The largest absolute Gasteiger partial charge is 0.395 e. The summed E-state index contributed by atoms with van der Waals surface area (Å²) in [7, 11) is 0. The van der Waals surface area contributed by atoms with Gasteiger partial charge < -0.3 is 20.6 Å². The smallest absolute Gasteiger partial charge is 0.227 e. The van der Waals surface area contributed by atoms with Crippen LogP contribution in [-0.4, -0.2) is 78.4 Å². The molecule has 154 valence electrons. The summed E-state index contributed by atoms with van der Waals surface area (Å²) in [6, 6.07) is 2.53. The summed E-state index contributed by atoms with van der Waals surface area (Å²) in [5, 5.41) is 9.12. The van der Waals surface area contributed by atoms with Crippen molar-refractivity contribution >= 4 is 36.6 Å². The summed E-state index contributed by atoms with van der Waals surface area (Å²) in [5.41, 5.74) is 7.17. The van der Waals surface area contributed by atoms with Crippen LogP contribution < -0.4 is 15.5 Å². The molecular formula is C18H32Cl2N6O. The number of β-amino-alcohol motifs (C(OH)–C–C–N with tert-alkyl or cyclic N) is 1. The molecule has 1 aliphatic carbocycles. The van der Waals surface area contributed by atoms with Crippen molar-refractivity contribution in [2.24, 2.45) is 5.73 Å². The molecule has 0 bridgehead atoms. The third-order valence-electron chi connectivity index (χ3n) is 5.81. The van der Waals surface area contributed by atoms with Crippen LogP contribution in [0.25, 0.3) is 0 Å². The Bertz CT molecular complexity index is 587. The first kappa shape index (κ1) is 22.4. The Labute approximate surface area is 174 Å². The molecule has 1 aromatic rings. The Morgan fingerprint density at radius 2 is 1.63 bits per heavy atom. The van der Waals surface area contributed by atoms with E-state index in [1.54, 1.807) is 0 Å². The molecule has 3 aliphatic rings. The molecule has 0 spiro atoms. The summed E-state index contributed by atoms with van der Waals surface area (Å²) in [6.07, 6.45) is 4.55. The van der Waals surface area contributed by atoms with Gasteiger partial charge in [-0.3, -0.25) is 4.90 Å². The molecule has 0 atom stereocenters. The van der Waals surface area contributed by atoms with Crippen molar-refractivity contribution in [1.29, 1.82) is 0 Å². The molecule has 2 saturated heterocycles. The summed E-state index contributed by atoms with van der Waals surface area (Å²) < 4.78 is 0. The van der Waals surface area contributed by atoms with E-state index in [0.717, 1.165) is 70.4 Å². The monoisotopic (exact) mass is 418 g/mol. The maximum absolute atomic E-state index is 9.12. The van der Waals surface area contributed by atoms with Crippen molar-refractivity contribution in [1.82, 2.24) is 14.9 Å². The van der Waals surface area contributed by atoms with Crippen molar-refractivity contribution in [3.63, 3.8) is 0 Å². The predicted molar refractivity (Wildman–Crippen MR) is 114 cm³/mol. The maximum atomic E-state index is 9.12. The van der Waals surface area contributed by atoms with E-state index in [0.29, 0.717) is 12.0 Å². The molecule has 4 rings (SSSR count). The van der Waals surface area contributed by atoms with Crippen LogP contribution in [0.15, 0.2) is 6.07 Å². The van der Waals surface area contributed by atoms with Crippen LogP contribution in [0, 0.1) is 0 Å². The standard InChI is InChI=1S/C18H30N6O.2ClH/c19-15-11-14(12-15)16-13-17(21-18(20-16)24-3-1-2-4-24)23-7-5-22(6-8-23)9-10-25;;/h13-15,25H,1-12,19H2;2*1H. The molecule has 7 nitrogen and oxygen atoms in total. The summed E-state index contributed by atoms with van der Waals surface area (Å²) in [6.45, 7) is 7.01. The Morgan fingerprint density at radius 1 is 0.963 bits per heavy atom. The molecule has 0 aromatic carbocycles. The highest BCUT2D eigenvalue weighted by Crippen LogP contribution is 2.36. The molecule has 3 N–H and O–H groups in total. The van der Waals surface area contributed by atoms with Crippen LogP contribution in [0.5, 0.6) is 0 Å². The van der Waals surface area contributed by atoms with Gasteiger partial charge in [-0.25, -0.2) is 4.98 Å². The van der Waals surface area contributed by atoms with Gasteiger partial charge in [-0.2, -0.15) is 4.98 Å². The minimum absolute atomic E-state index is 0. The number of aliphatic hydroxyl groups is 1. The number of rotatable bonds is 5. The quantitative estimate of drug-likeness (QED) is 0.743. The van der Waals surface area contributed by atoms with Crippen molar-refractivity contribution < 1.29 is 5.11 Å². The topological polar surface area (TPSA) is 81.8 Å². The van der Waals surface area contributed by atoms with Crippen molar-refractivity contribution in [3.05, 3.63) is 11.8 Å². The summed E-state index contributed by atoms with van der Waals surface area (Å²) in [5.74, 6) is 2.47. The first-order chi connectivity index (χ1) is 12.2. The lowest BCUT2D eigenvalue weighted by atomic mass is 9.78. The zero-order chi connectivity index (χ0) is 17.2. The molecule has 9 heteroatoms. The van der Waals surface area contributed by atoms with Gasteiger partial charge in [0.2, 0.25) is 5.95 Å². The number of hydrogen-bond donors (Lipinski definition) is 2. The number of piperazine rings is 1. The van der Waals surface area contributed by atoms with Crippen LogP contribution in [-0.2, 0) is 0 Å². The van der Waals surface area contributed by atoms with Crippen LogP contribution in [0.3, 0.4) is 0 Å². The fourth-order valence-electron chi connectivity index (χ4n) is 4.11. The van der Waals surface area contributed by atoms with Gasteiger partial charge in [-0.1, -0.05) is 0 Å². The van der Waals surface area contributed by atoms with Gasteiger partial charge in [0.1, 0.15) is 5.82 Å². The van der Waals surface area contributed by atoms with E-state index in [1.807, 2.05) is 0 Å². The fraction of sp³-hybridized carbons (Fsp3) is 0.778. The van der Waals surface area contributed by atoms with Gasteiger partial charge in [0.15, 0.2) is 0 Å². The lowest BCUT2D eigenvalue weighted by Crippen LogP contribution is -2.47. The van der Waals surface area contributed by atoms with E-state index in [9.17, 15) is 0 Å². The number of nitrogens with zero attached hydrogens (tertiary/aromatic N) is 5. The molecule has 1 aromatic heterocycles. The first-order valence-electron chi connectivity index (χ1n) is 9.70. The average Bonchev–Trinajstić information content (AvgIpc) is 3.14. The molecule has 27 heavy (non-hydrogen) atoms. The fourth-order valence-corrected chi connectivity index (χ4v) is 4.11. The number of hydrogen-bond acceptors (Lipinski definition) is 7. The van der Waals surface area contributed by atoms with E-state index in [-0.39, 0.29) is 31.4 Å². The van der Waals surface area contributed by atoms with Crippen LogP contribution >= 0.6 is 24.8 Å². The molecule has 2 aliphatic heterocycles. The minimum Gasteiger partial charge on any atom is -0.395 e. The van der Waals surface area contributed by atoms with E-state index in [2.05, 4.69) is 20.8 Å². The van der Waals surface area contributed by atoms with Gasteiger partial charge in [0, 0.05) is 63.8 Å². The molecule has 1 saturated carbocycles. The van der Waals surface area contributed by atoms with E-state index >= 15 is 0 Å².